The lowest BCUT2D eigenvalue weighted by molar-refractivity contribution is 0.170. The molecule has 1 aromatic rings. The largest absolute Gasteiger partial charge is 0.387 e. The predicted octanol–water partition coefficient (Wildman–Crippen LogP) is 1.65. The van der Waals surface area contributed by atoms with Crippen molar-refractivity contribution in [2.75, 3.05) is 37.4 Å². The molecule has 1 saturated heterocycles. The zero-order valence-corrected chi connectivity index (χ0v) is 11.1. The van der Waals surface area contributed by atoms with Gasteiger partial charge in [-0.05, 0) is 27.0 Å². The van der Waals surface area contributed by atoms with Gasteiger partial charge in [0.25, 0.3) is 0 Å². The molecule has 17 heavy (non-hydrogen) atoms. The van der Waals surface area contributed by atoms with Gasteiger partial charge in [-0.3, -0.25) is 9.88 Å². The average Bonchev–Trinajstić information content (AvgIpc) is 2.35. The second kappa shape index (κ2) is 4.92. The summed E-state index contributed by atoms with van der Waals surface area (Å²) in [6.45, 7) is 6.68. The van der Waals surface area contributed by atoms with Gasteiger partial charge in [-0.1, -0.05) is 0 Å². The van der Waals surface area contributed by atoms with Crippen LogP contribution in [0.2, 0.25) is 0 Å². The molecule has 2 atom stereocenters. The van der Waals surface area contributed by atoms with Gasteiger partial charge in [0, 0.05) is 32.2 Å². The van der Waals surface area contributed by atoms with Gasteiger partial charge in [-0.2, -0.15) is 0 Å². The van der Waals surface area contributed by atoms with Crippen LogP contribution in [0.15, 0.2) is 18.5 Å². The molecule has 1 fully saturated rings. The number of nitrogens with one attached hydrogen (secondary N) is 1. The van der Waals surface area contributed by atoms with Crippen molar-refractivity contribution in [1.82, 2.24) is 9.88 Å². The van der Waals surface area contributed by atoms with Gasteiger partial charge in [-0.25, -0.2) is 0 Å². The summed E-state index contributed by atoms with van der Waals surface area (Å²) in [6, 6.07) is 3.33. The molecule has 1 N–H and O–H groups in total. The van der Waals surface area contributed by atoms with Gasteiger partial charge in [0.2, 0.25) is 0 Å². The third-order valence-corrected chi connectivity index (χ3v) is 3.74. The summed E-state index contributed by atoms with van der Waals surface area (Å²) in [5.41, 5.74) is 2.28. The van der Waals surface area contributed by atoms with Crippen LogP contribution >= 0.6 is 0 Å². The molecule has 94 valence electrons. The molecular weight excluding hydrogens is 212 g/mol. The lowest BCUT2D eigenvalue weighted by atomic mass is 10.1. The average molecular weight is 234 g/mol. The third-order valence-electron chi connectivity index (χ3n) is 3.74. The molecule has 0 spiro atoms. The van der Waals surface area contributed by atoms with E-state index in [4.69, 9.17) is 0 Å². The van der Waals surface area contributed by atoms with Crippen LogP contribution in [0.3, 0.4) is 0 Å². The molecule has 0 amide bonds. The van der Waals surface area contributed by atoms with E-state index in [1.165, 1.54) is 5.69 Å². The summed E-state index contributed by atoms with van der Waals surface area (Å²) in [5.74, 6) is 0. The Balaban J connectivity index is 2.16. The number of hydrogen-bond donors (Lipinski definition) is 1. The standard InChI is InChI=1S/C13H22N4/c1-10-8-17(9-11(2)16(10)4)13-5-12(14-3)6-15-7-13/h5-7,10-11,14H,8-9H2,1-4H3. The third kappa shape index (κ3) is 2.52. The highest BCUT2D eigenvalue weighted by Crippen LogP contribution is 2.22. The van der Waals surface area contributed by atoms with Crippen LogP contribution < -0.4 is 10.2 Å². The fraction of sp³-hybridized carbons (Fsp3) is 0.615. The zero-order chi connectivity index (χ0) is 12.4. The normalized spacial score (nSPS) is 26.0. The fourth-order valence-electron chi connectivity index (χ4n) is 2.35. The first-order valence-electron chi connectivity index (χ1n) is 6.21. The molecule has 0 bridgehead atoms. The smallest absolute Gasteiger partial charge is 0.0574 e. The maximum atomic E-state index is 4.28. The van der Waals surface area contributed by atoms with Crippen molar-refractivity contribution in [1.29, 1.82) is 0 Å². The number of piperazine rings is 1. The molecule has 4 nitrogen and oxygen atoms in total. The highest BCUT2D eigenvalue weighted by molar-refractivity contribution is 5.55. The van der Waals surface area contributed by atoms with E-state index in [0.717, 1.165) is 18.8 Å². The molecule has 1 aliphatic heterocycles. The maximum Gasteiger partial charge on any atom is 0.0574 e. The summed E-state index contributed by atoms with van der Waals surface area (Å²) in [4.78, 5) is 9.14. The SMILES string of the molecule is CNc1cncc(N2CC(C)N(C)C(C)C2)c1. The fourth-order valence-corrected chi connectivity index (χ4v) is 2.35. The minimum atomic E-state index is 0.581. The van der Waals surface area contributed by atoms with Crippen LogP contribution in [-0.4, -0.2) is 49.2 Å². The minimum Gasteiger partial charge on any atom is -0.387 e. The molecule has 0 saturated carbocycles. The van der Waals surface area contributed by atoms with Gasteiger partial charge >= 0.3 is 0 Å². The zero-order valence-electron chi connectivity index (χ0n) is 11.1. The van der Waals surface area contributed by atoms with Crippen molar-refractivity contribution >= 4 is 11.4 Å². The van der Waals surface area contributed by atoms with Gasteiger partial charge in [0.1, 0.15) is 0 Å². The molecule has 0 aromatic carbocycles. The molecule has 2 unspecified atom stereocenters. The maximum absolute atomic E-state index is 4.28. The Morgan fingerprint density at radius 1 is 1.24 bits per heavy atom. The first kappa shape index (κ1) is 12.2. The highest BCUT2D eigenvalue weighted by Gasteiger charge is 2.26. The van der Waals surface area contributed by atoms with Gasteiger partial charge in [0.05, 0.1) is 23.8 Å². The number of likely N-dealkylation sites (N-methyl/N-ethyl adjacent to an activating group) is 1. The Morgan fingerprint density at radius 3 is 2.47 bits per heavy atom. The van der Waals surface area contributed by atoms with E-state index in [0.29, 0.717) is 12.1 Å². The number of nitrogens with zero attached hydrogens (tertiary/aromatic N) is 3. The molecule has 0 aliphatic carbocycles. The van der Waals surface area contributed by atoms with Crippen molar-refractivity contribution < 1.29 is 0 Å². The van der Waals surface area contributed by atoms with Crippen LogP contribution in [0, 0.1) is 0 Å². The summed E-state index contributed by atoms with van der Waals surface area (Å²) < 4.78 is 0. The first-order valence-corrected chi connectivity index (χ1v) is 6.21. The Labute approximate surface area is 104 Å². The quantitative estimate of drug-likeness (QED) is 0.843. The molecular formula is C13H22N4. The van der Waals surface area contributed by atoms with Crippen molar-refractivity contribution in [2.45, 2.75) is 25.9 Å². The van der Waals surface area contributed by atoms with Crippen LogP contribution in [0.5, 0.6) is 0 Å². The Kier molecular flexibility index (Phi) is 3.52. The first-order chi connectivity index (χ1) is 8.11. The van der Waals surface area contributed by atoms with Gasteiger partial charge in [-0.15, -0.1) is 0 Å². The van der Waals surface area contributed by atoms with E-state index in [-0.39, 0.29) is 0 Å². The van der Waals surface area contributed by atoms with E-state index in [1.54, 1.807) is 0 Å². The number of rotatable bonds is 2. The second-order valence-corrected chi connectivity index (χ2v) is 4.95. The topological polar surface area (TPSA) is 31.4 Å². The van der Waals surface area contributed by atoms with Crippen molar-refractivity contribution in [3.63, 3.8) is 0 Å². The van der Waals surface area contributed by atoms with E-state index in [2.05, 4.69) is 47.1 Å². The molecule has 4 heteroatoms. The Hall–Kier alpha value is -1.29. The summed E-state index contributed by atoms with van der Waals surface area (Å²) in [5, 5.41) is 3.14. The van der Waals surface area contributed by atoms with E-state index in [1.807, 2.05) is 19.4 Å². The van der Waals surface area contributed by atoms with E-state index >= 15 is 0 Å². The predicted molar refractivity (Wildman–Crippen MR) is 72.7 cm³/mol. The van der Waals surface area contributed by atoms with Crippen LogP contribution in [0.4, 0.5) is 11.4 Å². The van der Waals surface area contributed by atoms with E-state index < -0.39 is 0 Å². The lowest BCUT2D eigenvalue weighted by Gasteiger charge is -2.43. The Morgan fingerprint density at radius 2 is 1.88 bits per heavy atom. The van der Waals surface area contributed by atoms with Crippen molar-refractivity contribution in [3.8, 4) is 0 Å². The lowest BCUT2D eigenvalue weighted by Crippen LogP contribution is -2.55. The van der Waals surface area contributed by atoms with E-state index in [9.17, 15) is 0 Å². The number of anilines is 2. The highest BCUT2D eigenvalue weighted by atomic mass is 15.3. The second-order valence-electron chi connectivity index (χ2n) is 4.95. The van der Waals surface area contributed by atoms with Gasteiger partial charge < -0.3 is 10.2 Å². The monoisotopic (exact) mass is 234 g/mol. The Bertz CT molecular complexity index is 367. The van der Waals surface area contributed by atoms with Crippen molar-refractivity contribution in [2.24, 2.45) is 0 Å². The van der Waals surface area contributed by atoms with Crippen LogP contribution in [0.1, 0.15) is 13.8 Å². The summed E-state index contributed by atoms with van der Waals surface area (Å²) >= 11 is 0. The molecule has 1 aromatic heterocycles. The molecule has 2 heterocycles. The van der Waals surface area contributed by atoms with Crippen LogP contribution in [-0.2, 0) is 0 Å². The molecule has 1 aliphatic rings. The molecule has 2 rings (SSSR count). The van der Waals surface area contributed by atoms with Crippen molar-refractivity contribution in [3.05, 3.63) is 18.5 Å². The summed E-state index contributed by atoms with van der Waals surface area (Å²) in [7, 11) is 4.13. The number of hydrogen-bond acceptors (Lipinski definition) is 4. The molecule has 0 radical (unpaired) electrons. The van der Waals surface area contributed by atoms with Crippen LogP contribution in [0.25, 0.3) is 0 Å². The minimum absolute atomic E-state index is 0.581. The number of pyridine rings is 1. The summed E-state index contributed by atoms with van der Waals surface area (Å²) in [6.07, 6.45) is 3.80. The van der Waals surface area contributed by atoms with Gasteiger partial charge in [0.15, 0.2) is 0 Å². The number of aromatic nitrogens is 1.